The third kappa shape index (κ3) is 9.43. The standard InChI is InChI=1S/C7H15NO5S/c1-8(2)4-3-7(9)13-5-6-14(10,11)12/h3-6H2,1-2H3,(H,10,11,12). The van der Waals surface area contributed by atoms with Gasteiger partial charge in [0.2, 0.25) is 0 Å². The molecule has 0 aliphatic rings. The smallest absolute Gasteiger partial charge is 0.307 e. The highest BCUT2D eigenvalue weighted by Gasteiger charge is 2.07. The molecule has 0 rings (SSSR count). The Labute approximate surface area is 83.6 Å². The Bertz CT molecular complexity index is 272. The van der Waals surface area contributed by atoms with Gasteiger partial charge in [0.05, 0.1) is 6.42 Å². The van der Waals surface area contributed by atoms with Gasteiger partial charge in [-0.15, -0.1) is 0 Å². The zero-order valence-corrected chi connectivity index (χ0v) is 9.08. The zero-order valence-electron chi connectivity index (χ0n) is 8.26. The zero-order chi connectivity index (χ0) is 11.2. The number of ether oxygens (including phenoxy) is 1. The van der Waals surface area contributed by atoms with Crippen molar-refractivity contribution in [1.82, 2.24) is 4.90 Å². The molecule has 0 amide bonds. The molecule has 0 fully saturated rings. The van der Waals surface area contributed by atoms with Gasteiger partial charge in [-0.05, 0) is 14.1 Å². The third-order valence-electron chi connectivity index (χ3n) is 1.37. The van der Waals surface area contributed by atoms with Crippen molar-refractivity contribution in [2.45, 2.75) is 6.42 Å². The fourth-order valence-corrected chi connectivity index (χ4v) is 0.942. The number of hydrogen-bond donors (Lipinski definition) is 1. The average Bonchev–Trinajstić information content (AvgIpc) is 1.98. The third-order valence-corrected chi connectivity index (χ3v) is 2.05. The Balaban J connectivity index is 3.55. The second-order valence-corrected chi connectivity index (χ2v) is 4.63. The molecule has 0 saturated carbocycles. The number of carbonyl (C=O) groups is 1. The van der Waals surface area contributed by atoms with Crippen molar-refractivity contribution in [1.29, 1.82) is 0 Å². The summed E-state index contributed by atoms with van der Waals surface area (Å²) in [6.45, 7) is 0.246. The predicted octanol–water partition coefficient (Wildman–Crippen LogP) is -0.631. The molecular formula is C7H15NO5S. The van der Waals surface area contributed by atoms with Gasteiger partial charge >= 0.3 is 5.97 Å². The molecular weight excluding hydrogens is 210 g/mol. The van der Waals surface area contributed by atoms with Crippen LogP contribution in [0.2, 0.25) is 0 Å². The van der Waals surface area contributed by atoms with E-state index in [-0.39, 0.29) is 13.0 Å². The van der Waals surface area contributed by atoms with Crippen LogP contribution in [-0.4, -0.2) is 56.8 Å². The highest BCUT2D eigenvalue weighted by Crippen LogP contribution is 1.90. The quantitative estimate of drug-likeness (QED) is 0.478. The first kappa shape index (κ1) is 13.3. The van der Waals surface area contributed by atoms with Gasteiger partial charge in [-0.25, -0.2) is 0 Å². The van der Waals surface area contributed by atoms with E-state index >= 15 is 0 Å². The van der Waals surface area contributed by atoms with E-state index in [0.717, 1.165) is 0 Å². The van der Waals surface area contributed by atoms with E-state index in [1.54, 1.807) is 0 Å². The summed E-state index contributed by atoms with van der Waals surface area (Å²) >= 11 is 0. The minimum Gasteiger partial charge on any atom is -0.464 e. The van der Waals surface area contributed by atoms with E-state index < -0.39 is 21.8 Å². The van der Waals surface area contributed by atoms with Crippen LogP contribution in [0.15, 0.2) is 0 Å². The van der Waals surface area contributed by atoms with Crippen LogP contribution in [0, 0.1) is 0 Å². The van der Waals surface area contributed by atoms with Crippen LogP contribution in [0.5, 0.6) is 0 Å². The Morgan fingerprint density at radius 3 is 2.43 bits per heavy atom. The Morgan fingerprint density at radius 1 is 1.43 bits per heavy atom. The molecule has 6 nitrogen and oxygen atoms in total. The molecule has 7 heteroatoms. The summed E-state index contributed by atoms with van der Waals surface area (Å²) in [5.41, 5.74) is 0. The Kier molecular flexibility index (Phi) is 5.66. The summed E-state index contributed by atoms with van der Waals surface area (Å²) in [6, 6.07) is 0. The normalized spacial score (nSPS) is 11.7. The Morgan fingerprint density at radius 2 is 2.00 bits per heavy atom. The second kappa shape index (κ2) is 5.94. The molecule has 1 N–H and O–H groups in total. The molecule has 0 radical (unpaired) electrons. The van der Waals surface area contributed by atoms with Crippen LogP contribution in [0.1, 0.15) is 6.42 Å². The lowest BCUT2D eigenvalue weighted by molar-refractivity contribution is -0.143. The molecule has 0 bridgehead atoms. The monoisotopic (exact) mass is 225 g/mol. The summed E-state index contributed by atoms with van der Waals surface area (Å²) in [7, 11) is -0.417. The molecule has 0 aromatic carbocycles. The van der Waals surface area contributed by atoms with Crippen LogP contribution in [0.25, 0.3) is 0 Å². The van der Waals surface area contributed by atoms with Crippen LogP contribution in [0.3, 0.4) is 0 Å². The van der Waals surface area contributed by atoms with Crippen molar-refractivity contribution in [3.8, 4) is 0 Å². The van der Waals surface area contributed by atoms with E-state index in [9.17, 15) is 13.2 Å². The minimum atomic E-state index is -4.04. The van der Waals surface area contributed by atoms with Gasteiger partial charge in [0, 0.05) is 6.54 Å². The molecule has 0 atom stereocenters. The number of rotatable bonds is 6. The summed E-state index contributed by atoms with van der Waals surface area (Å²) in [5.74, 6) is -1.02. The first-order valence-corrected chi connectivity index (χ1v) is 5.67. The molecule has 0 saturated heterocycles. The van der Waals surface area contributed by atoms with Crippen LogP contribution < -0.4 is 0 Å². The lowest BCUT2D eigenvalue weighted by Crippen LogP contribution is -2.20. The van der Waals surface area contributed by atoms with Crippen LogP contribution >= 0.6 is 0 Å². The molecule has 0 aromatic heterocycles. The summed E-state index contributed by atoms with van der Waals surface area (Å²) in [4.78, 5) is 12.7. The molecule has 0 aromatic rings. The maximum atomic E-state index is 10.9. The van der Waals surface area contributed by atoms with Gasteiger partial charge in [-0.2, -0.15) is 8.42 Å². The number of carbonyl (C=O) groups excluding carboxylic acids is 1. The lowest BCUT2D eigenvalue weighted by atomic mass is 10.4. The largest absolute Gasteiger partial charge is 0.464 e. The predicted molar refractivity (Wildman–Crippen MR) is 50.5 cm³/mol. The van der Waals surface area contributed by atoms with Crippen molar-refractivity contribution in [2.24, 2.45) is 0 Å². The summed E-state index contributed by atoms with van der Waals surface area (Å²) in [6.07, 6.45) is 0.207. The first-order valence-electron chi connectivity index (χ1n) is 4.07. The fraction of sp³-hybridized carbons (Fsp3) is 0.857. The molecule has 0 aliphatic carbocycles. The van der Waals surface area contributed by atoms with E-state index in [2.05, 4.69) is 4.74 Å². The molecule has 14 heavy (non-hydrogen) atoms. The number of esters is 1. The van der Waals surface area contributed by atoms with Crippen molar-refractivity contribution < 1.29 is 22.5 Å². The molecule has 0 spiro atoms. The van der Waals surface area contributed by atoms with Gasteiger partial charge in [0.25, 0.3) is 10.1 Å². The van der Waals surface area contributed by atoms with Crippen molar-refractivity contribution in [3.63, 3.8) is 0 Å². The van der Waals surface area contributed by atoms with E-state index in [1.165, 1.54) is 0 Å². The maximum absolute atomic E-state index is 10.9. The van der Waals surface area contributed by atoms with Crippen molar-refractivity contribution >= 4 is 16.1 Å². The SMILES string of the molecule is CN(C)CCC(=O)OCCS(=O)(=O)O. The van der Waals surface area contributed by atoms with Gasteiger partial charge in [0.15, 0.2) is 0 Å². The number of nitrogens with zero attached hydrogens (tertiary/aromatic N) is 1. The second-order valence-electron chi connectivity index (χ2n) is 3.06. The minimum absolute atomic E-state index is 0.207. The summed E-state index contributed by atoms with van der Waals surface area (Å²) < 4.78 is 33.4. The fourth-order valence-electron chi connectivity index (χ4n) is 0.648. The highest BCUT2D eigenvalue weighted by atomic mass is 32.2. The van der Waals surface area contributed by atoms with E-state index in [0.29, 0.717) is 6.54 Å². The summed E-state index contributed by atoms with van der Waals surface area (Å²) in [5, 5.41) is 0. The van der Waals surface area contributed by atoms with Crippen molar-refractivity contribution in [3.05, 3.63) is 0 Å². The van der Waals surface area contributed by atoms with E-state index in [1.807, 2.05) is 19.0 Å². The maximum Gasteiger partial charge on any atom is 0.307 e. The lowest BCUT2D eigenvalue weighted by Gasteiger charge is -2.08. The molecule has 0 unspecified atom stereocenters. The van der Waals surface area contributed by atoms with E-state index in [4.69, 9.17) is 4.55 Å². The van der Waals surface area contributed by atoms with Gasteiger partial charge in [0.1, 0.15) is 12.4 Å². The Hall–Kier alpha value is -0.660. The molecule has 0 heterocycles. The molecule has 0 aliphatic heterocycles. The van der Waals surface area contributed by atoms with Crippen LogP contribution in [-0.2, 0) is 19.6 Å². The first-order chi connectivity index (χ1) is 6.31. The van der Waals surface area contributed by atoms with Gasteiger partial charge in [-0.1, -0.05) is 0 Å². The number of hydrogen-bond acceptors (Lipinski definition) is 5. The van der Waals surface area contributed by atoms with Crippen molar-refractivity contribution in [2.75, 3.05) is 33.0 Å². The van der Waals surface area contributed by atoms with Crippen LogP contribution in [0.4, 0.5) is 0 Å². The highest BCUT2D eigenvalue weighted by molar-refractivity contribution is 7.85. The van der Waals surface area contributed by atoms with Gasteiger partial charge < -0.3 is 9.64 Å². The topological polar surface area (TPSA) is 83.9 Å². The molecule has 84 valence electrons. The van der Waals surface area contributed by atoms with Gasteiger partial charge in [-0.3, -0.25) is 9.35 Å². The average molecular weight is 225 g/mol.